The third-order valence-electron chi connectivity index (χ3n) is 7.15. The number of halogens is 2. The molecule has 3 fully saturated rings. The second-order valence-corrected chi connectivity index (χ2v) is 9.28. The maximum atomic E-state index is 13.7. The summed E-state index contributed by atoms with van der Waals surface area (Å²) in [7, 11) is 0. The molecule has 9 heteroatoms. The van der Waals surface area contributed by atoms with Gasteiger partial charge in [0.2, 0.25) is 17.7 Å². The lowest BCUT2D eigenvalue weighted by atomic mass is 9.85. The van der Waals surface area contributed by atoms with Crippen molar-refractivity contribution in [3.05, 3.63) is 34.9 Å². The molecule has 3 aliphatic heterocycles. The van der Waals surface area contributed by atoms with Gasteiger partial charge in [0.15, 0.2) is 0 Å². The number of carbonyl (C=O) groups excluding carboxylic acids is 4. The molecule has 2 unspecified atom stereocenters. The molecule has 1 aromatic rings. The minimum absolute atomic E-state index is 0.119. The molecule has 5 rings (SSSR count). The second kappa shape index (κ2) is 6.83. The molecule has 1 aromatic carbocycles. The topological polar surface area (TPSA) is 86.8 Å². The van der Waals surface area contributed by atoms with Crippen LogP contribution in [0.25, 0.3) is 0 Å². The quantitative estimate of drug-likeness (QED) is 0.727. The Hall–Kier alpha value is -2.84. The summed E-state index contributed by atoms with van der Waals surface area (Å²) in [6.45, 7) is 0.977. The number of rotatable bonds is 2. The maximum absolute atomic E-state index is 13.7. The Morgan fingerprint density at radius 3 is 2.65 bits per heavy atom. The van der Waals surface area contributed by atoms with Crippen molar-refractivity contribution in [2.75, 3.05) is 13.1 Å². The van der Waals surface area contributed by atoms with Crippen LogP contribution >= 0.6 is 0 Å². The van der Waals surface area contributed by atoms with E-state index in [4.69, 9.17) is 0 Å². The monoisotopic (exact) mass is 431 g/mol. The van der Waals surface area contributed by atoms with Crippen molar-refractivity contribution in [2.24, 2.45) is 5.41 Å². The largest absolute Gasteiger partial charge is 0.338 e. The second-order valence-electron chi connectivity index (χ2n) is 9.28. The predicted molar refractivity (Wildman–Crippen MR) is 104 cm³/mol. The molecule has 4 amide bonds. The molecular formula is C22H23F2N3O4. The molecule has 1 N–H and O–H groups in total. The van der Waals surface area contributed by atoms with Gasteiger partial charge in [0.05, 0.1) is 0 Å². The standard InChI is InChI=1S/C22H23F2N3O4/c23-22(24)6-5-21(11-22)7-8-26(12-21)19(30)13-1-2-15-14(9-13)10-27(20(15)31)16-3-4-17(28)25-18(16)29/h1-2,9,16H,3-8,10-12H2,(H,25,28,29). The van der Waals surface area contributed by atoms with Crippen molar-refractivity contribution in [1.29, 1.82) is 0 Å². The molecule has 1 saturated carbocycles. The first-order chi connectivity index (χ1) is 14.7. The van der Waals surface area contributed by atoms with Crippen LogP contribution in [0.3, 0.4) is 0 Å². The number of carbonyl (C=O) groups is 4. The van der Waals surface area contributed by atoms with Gasteiger partial charge in [-0.2, -0.15) is 0 Å². The zero-order valence-corrected chi connectivity index (χ0v) is 17.0. The van der Waals surface area contributed by atoms with Gasteiger partial charge in [0.1, 0.15) is 6.04 Å². The summed E-state index contributed by atoms with van der Waals surface area (Å²) in [5, 5.41) is 2.26. The van der Waals surface area contributed by atoms with Crippen LogP contribution in [-0.4, -0.2) is 58.5 Å². The normalized spacial score (nSPS) is 29.6. The van der Waals surface area contributed by atoms with E-state index in [1.807, 2.05) is 0 Å². The van der Waals surface area contributed by atoms with Crippen molar-refractivity contribution >= 4 is 23.6 Å². The van der Waals surface area contributed by atoms with E-state index in [9.17, 15) is 28.0 Å². The fraction of sp³-hybridized carbons (Fsp3) is 0.545. The SMILES string of the molecule is O=C1CCC(N2Cc3cc(C(=O)N4CCC5(CCC(F)(F)C5)C4)ccc3C2=O)C(=O)N1. The molecule has 7 nitrogen and oxygen atoms in total. The molecule has 1 aliphatic carbocycles. The lowest BCUT2D eigenvalue weighted by molar-refractivity contribution is -0.136. The number of imide groups is 1. The van der Waals surface area contributed by atoms with E-state index in [1.165, 1.54) is 4.90 Å². The predicted octanol–water partition coefficient (Wildman–Crippen LogP) is 2.10. The molecule has 31 heavy (non-hydrogen) atoms. The van der Waals surface area contributed by atoms with Gasteiger partial charge in [-0.3, -0.25) is 24.5 Å². The van der Waals surface area contributed by atoms with Crippen LogP contribution < -0.4 is 5.32 Å². The summed E-state index contributed by atoms with van der Waals surface area (Å²) in [6.07, 6.45) is 1.19. The fourth-order valence-corrected chi connectivity index (χ4v) is 5.52. The van der Waals surface area contributed by atoms with Crippen LogP contribution in [-0.2, 0) is 16.1 Å². The van der Waals surface area contributed by atoms with Gasteiger partial charge in [0.25, 0.3) is 11.8 Å². The summed E-state index contributed by atoms with van der Waals surface area (Å²) >= 11 is 0. The average Bonchev–Trinajstić information content (AvgIpc) is 3.37. The Balaban J connectivity index is 1.31. The molecule has 4 aliphatic rings. The highest BCUT2D eigenvalue weighted by Gasteiger charge is 2.52. The number of nitrogens with one attached hydrogen (secondary N) is 1. The third-order valence-corrected chi connectivity index (χ3v) is 7.15. The van der Waals surface area contributed by atoms with Crippen LogP contribution in [0.5, 0.6) is 0 Å². The van der Waals surface area contributed by atoms with E-state index in [0.717, 1.165) is 0 Å². The Morgan fingerprint density at radius 2 is 1.94 bits per heavy atom. The van der Waals surface area contributed by atoms with Crippen molar-refractivity contribution in [1.82, 2.24) is 15.1 Å². The zero-order chi connectivity index (χ0) is 22.0. The maximum Gasteiger partial charge on any atom is 0.255 e. The van der Waals surface area contributed by atoms with Crippen molar-refractivity contribution in [3.8, 4) is 0 Å². The number of hydrogen-bond donors (Lipinski definition) is 1. The van der Waals surface area contributed by atoms with E-state index in [-0.39, 0.29) is 49.9 Å². The first-order valence-electron chi connectivity index (χ1n) is 10.6. The minimum atomic E-state index is -2.65. The van der Waals surface area contributed by atoms with Crippen LogP contribution in [0.15, 0.2) is 18.2 Å². The number of hydrogen-bond acceptors (Lipinski definition) is 4. The third kappa shape index (κ3) is 3.40. The summed E-state index contributed by atoms with van der Waals surface area (Å²) in [4.78, 5) is 52.5. The van der Waals surface area contributed by atoms with E-state index >= 15 is 0 Å². The summed E-state index contributed by atoms with van der Waals surface area (Å²) in [5.74, 6) is -3.99. The number of amides is 4. The van der Waals surface area contributed by atoms with Gasteiger partial charge in [-0.15, -0.1) is 0 Å². The summed E-state index contributed by atoms with van der Waals surface area (Å²) in [6, 6.07) is 4.13. The lowest BCUT2D eigenvalue weighted by Crippen LogP contribution is -2.52. The number of piperidine rings is 1. The molecule has 164 valence electrons. The van der Waals surface area contributed by atoms with Gasteiger partial charge >= 0.3 is 0 Å². The molecule has 3 heterocycles. The fourth-order valence-electron chi connectivity index (χ4n) is 5.52. The van der Waals surface area contributed by atoms with Crippen molar-refractivity contribution in [3.63, 3.8) is 0 Å². The smallest absolute Gasteiger partial charge is 0.255 e. The van der Waals surface area contributed by atoms with Gasteiger partial charge in [-0.25, -0.2) is 8.78 Å². The van der Waals surface area contributed by atoms with Gasteiger partial charge < -0.3 is 9.80 Å². The Labute approximate surface area is 177 Å². The Bertz CT molecular complexity index is 1010. The van der Waals surface area contributed by atoms with E-state index in [1.54, 1.807) is 23.1 Å². The number of alkyl halides is 2. The zero-order valence-electron chi connectivity index (χ0n) is 17.0. The summed E-state index contributed by atoms with van der Waals surface area (Å²) in [5.41, 5.74) is 1.02. The molecule has 2 atom stereocenters. The number of nitrogens with zero attached hydrogens (tertiary/aromatic N) is 2. The molecule has 1 spiro atoms. The summed E-state index contributed by atoms with van der Waals surface area (Å²) < 4.78 is 27.5. The van der Waals surface area contributed by atoms with Crippen molar-refractivity contribution < 1.29 is 28.0 Å². The van der Waals surface area contributed by atoms with Gasteiger partial charge in [0, 0.05) is 50.0 Å². The lowest BCUT2D eigenvalue weighted by Gasteiger charge is -2.29. The molecule has 0 radical (unpaired) electrons. The molecule has 0 bridgehead atoms. The Kier molecular flexibility index (Phi) is 4.43. The van der Waals surface area contributed by atoms with Crippen LogP contribution in [0.1, 0.15) is 64.8 Å². The van der Waals surface area contributed by atoms with Gasteiger partial charge in [-0.05, 0) is 48.4 Å². The number of likely N-dealkylation sites (tertiary alicyclic amines) is 1. The molecule has 2 saturated heterocycles. The highest BCUT2D eigenvalue weighted by Crippen LogP contribution is 2.52. The van der Waals surface area contributed by atoms with E-state index < -0.39 is 23.3 Å². The number of fused-ring (bicyclic) bond motifs is 1. The molecular weight excluding hydrogens is 408 g/mol. The highest BCUT2D eigenvalue weighted by molar-refractivity contribution is 6.06. The average molecular weight is 431 g/mol. The first kappa shape index (κ1) is 20.1. The van der Waals surface area contributed by atoms with Crippen molar-refractivity contribution in [2.45, 2.75) is 57.0 Å². The van der Waals surface area contributed by atoms with Crippen LogP contribution in [0.2, 0.25) is 0 Å². The minimum Gasteiger partial charge on any atom is -0.338 e. The van der Waals surface area contributed by atoms with Crippen LogP contribution in [0.4, 0.5) is 8.78 Å². The molecule has 0 aromatic heterocycles. The van der Waals surface area contributed by atoms with E-state index in [0.29, 0.717) is 42.6 Å². The highest BCUT2D eigenvalue weighted by atomic mass is 19.3. The van der Waals surface area contributed by atoms with Crippen LogP contribution in [0, 0.1) is 5.41 Å². The number of benzene rings is 1. The van der Waals surface area contributed by atoms with Gasteiger partial charge in [-0.1, -0.05) is 0 Å². The first-order valence-corrected chi connectivity index (χ1v) is 10.6. The van der Waals surface area contributed by atoms with E-state index in [2.05, 4.69) is 5.32 Å². The Morgan fingerprint density at radius 1 is 1.13 bits per heavy atom.